The molecule has 2 fully saturated rings. The molecule has 0 spiro atoms. The third-order valence-electron chi connectivity index (χ3n) is 8.37. The quantitative estimate of drug-likeness (QED) is 0.141. The highest BCUT2D eigenvalue weighted by Crippen LogP contribution is 2.38. The predicted molar refractivity (Wildman–Crippen MR) is 192 cm³/mol. The van der Waals surface area contributed by atoms with Crippen LogP contribution in [0.15, 0.2) is 122 Å². The van der Waals surface area contributed by atoms with Crippen LogP contribution in [0.25, 0.3) is 0 Å². The summed E-state index contributed by atoms with van der Waals surface area (Å²) in [5, 5.41) is 5.48. The molecule has 6 aromatic rings. The Bertz CT molecular complexity index is 2360. The lowest BCUT2D eigenvalue weighted by molar-refractivity contribution is 0.131. The molecular formula is C42H26F4N6O4. The van der Waals surface area contributed by atoms with Crippen LogP contribution in [0.2, 0.25) is 0 Å². The first-order valence-corrected chi connectivity index (χ1v) is 16.8. The Morgan fingerprint density at radius 1 is 0.429 bits per heavy atom. The molecule has 2 amide bonds. The Labute approximate surface area is 317 Å². The molecular weight excluding hydrogens is 728 g/mol. The molecule has 0 saturated carbocycles. The van der Waals surface area contributed by atoms with Crippen molar-refractivity contribution < 1.29 is 36.6 Å². The molecule has 2 N–H and O–H groups in total. The van der Waals surface area contributed by atoms with Gasteiger partial charge in [0.15, 0.2) is 12.2 Å². The van der Waals surface area contributed by atoms with Gasteiger partial charge in [0.1, 0.15) is 35.4 Å². The fraction of sp³-hybridized carbons (Fsp3) is 0.0952. The molecule has 0 radical (unpaired) electrons. The Kier molecular flexibility index (Phi) is 10.9. The zero-order valence-corrected chi connectivity index (χ0v) is 28.8. The van der Waals surface area contributed by atoms with Crippen LogP contribution in [-0.2, 0) is 9.47 Å². The largest absolute Gasteiger partial charge is 0.439 e. The SMILES string of the molecule is O=C1N[C@@H](c2cncc(C#Cc3cncc(F)c3)c2)[C@H](c2ccc(F)cc2)O1.O=C1N[C@H](c2cncc(C#Cc3cncc(F)c3)c2)[C@@H](c2ccc(F)cc2)O1. The number of nitrogens with one attached hydrogen (secondary N) is 2. The summed E-state index contributed by atoms with van der Waals surface area (Å²) < 4.78 is 63.5. The van der Waals surface area contributed by atoms with Crippen LogP contribution < -0.4 is 10.6 Å². The molecule has 6 heterocycles. The van der Waals surface area contributed by atoms with Gasteiger partial charge >= 0.3 is 12.2 Å². The number of alkyl carbamates (subject to hydrolysis) is 2. The molecule has 56 heavy (non-hydrogen) atoms. The Morgan fingerprint density at radius 2 is 0.768 bits per heavy atom. The predicted octanol–water partition coefficient (Wildman–Crippen LogP) is 7.35. The molecule has 0 aliphatic carbocycles. The summed E-state index contributed by atoms with van der Waals surface area (Å²) in [6, 6.07) is 16.6. The highest BCUT2D eigenvalue weighted by atomic mass is 19.1. The van der Waals surface area contributed by atoms with Crippen LogP contribution in [-0.4, -0.2) is 32.1 Å². The number of carbonyl (C=O) groups excluding carboxylic acids is 2. The van der Waals surface area contributed by atoms with Crippen molar-refractivity contribution in [2.75, 3.05) is 0 Å². The number of cyclic esters (lactones) is 2. The number of carbonyl (C=O) groups is 2. The Hall–Kier alpha value is -7.58. The summed E-state index contributed by atoms with van der Waals surface area (Å²) in [5.74, 6) is 9.78. The van der Waals surface area contributed by atoms with E-state index in [0.717, 1.165) is 12.4 Å². The number of nitrogens with zero attached hydrogens (tertiary/aromatic N) is 4. The fourth-order valence-electron chi connectivity index (χ4n) is 5.82. The summed E-state index contributed by atoms with van der Waals surface area (Å²) in [6.07, 6.45) is 9.08. The van der Waals surface area contributed by atoms with Crippen molar-refractivity contribution in [1.82, 2.24) is 30.6 Å². The van der Waals surface area contributed by atoms with Gasteiger partial charge in [-0.15, -0.1) is 0 Å². The monoisotopic (exact) mass is 754 g/mol. The Morgan fingerprint density at radius 3 is 1.12 bits per heavy atom. The van der Waals surface area contributed by atoms with E-state index in [2.05, 4.69) is 54.3 Å². The molecule has 4 aromatic heterocycles. The topological polar surface area (TPSA) is 128 Å². The van der Waals surface area contributed by atoms with E-state index in [9.17, 15) is 27.2 Å². The molecule has 2 aliphatic rings. The zero-order valence-electron chi connectivity index (χ0n) is 28.8. The second-order valence-electron chi connectivity index (χ2n) is 12.3. The average Bonchev–Trinajstić information content (AvgIpc) is 3.80. The number of aromatic nitrogens is 4. The molecule has 0 unspecified atom stereocenters. The molecule has 10 nitrogen and oxygen atoms in total. The van der Waals surface area contributed by atoms with Crippen molar-refractivity contribution in [1.29, 1.82) is 0 Å². The number of ether oxygens (including phenoxy) is 2. The number of rotatable bonds is 4. The van der Waals surface area contributed by atoms with Gasteiger partial charge in [-0.05, 0) is 70.8 Å². The maximum Gasteiger partial charge on any atom is 0.408 e. The van der Waals surface area contributed by atoms with E-state index in [1.807, 2.05) is 0 Å². The second kappa shape index (κ2) is 16.6. The lowest BCUT2D eigenvalue weighted by atomic mass is 9.97. The van der Waals surface area contributed by atoms with Crippen molar-refractivity contribution >= 4 is 12.2 Å². The molecule has 2 aromatic carbocycles. The maximum absolute atomic E-state index is 13.2. The first-order chi connectivity index (χ1) is 27.2. The van der Waals surface area contributed by atoms with Crippen LogP contribution in [0.4, 0.5) is 27.2 Å². The van der Waals surface area contributed by atoms with Gasteiger partial charge in [-0.3, -0.25) is 19.9 Å². The lowest BCUT2D eigenvalue weighted by Crippen LogP contribution is -2.19. The third kappa shape index (κ3) is 9.13. The molecule has 14 heteroatoms. The van der Waals surface area contributed by atoms with E-state index >= 15 is 0 Å². The van der Waals surface area contributed by atoms with Gasteiger partial charge in [-0.1, -0.05) is 47.9 Å². The van der Waals surface area contributed by atoms with E-state index in [1.54, 1.807) is 61.2 Å². The van der Waals surface area contributed by atoms with Crippen LogP contribution in [0, 0.1) is 47.0 Å². The third-order valence-corrected chi connectivity index (χ3v) is 8.37. The van der Waals surface area contributed by atoms with Crippen molar-refractivity contribution in [3.63, 3.8) is 0 Å². The highest BCUT2D eigenvalue weighted by Gasteiger charge is 2.37. The van der Waals surface area contributed by atoms with Gasteiger partial charge in [-0.25, -0.2) is 27.2 Å². The summed E-state index contributed by atoms with van der Waals surface area (Å²) >= 11 is 0. The molecule has 8 rings (SSSR count). The lowest BCUT2D eigenvalue weighted by Gasteiger charge is -2.17. The van der Waals surface area contributed by atoms with Crippen LogP contribution in [0.5, 0.6) is 0 Å². The van der Waals surface area contributed by atoms with Gasteiger partial charge in [0.2, 0.25) is 0 Å². The first-order valence-electron chi connectivity index (χ1n) is 16.8. The average molecular weight is 755 g/mol. The summed E-state index contributed by atoms with van der Waals surface area (Å²) in [4.78, 5) is 39.5. The van der Waals surface area contributed by atoms with E-state index in [1.165, 1.54) is 48.8 Å². The van der Waals surface area contributed by atoms with Crippen molar-refractivity contribution in [3.8, 4) is 23.7 Å². The molecule has 2 saturated heterocycles. The maximum atomic E-state index is 13.2. The Balaban J connectivity index is 0.000000172. The highest BCUT2D eigenvalue weighted by molar-refractivity contribution is 5.72. The van der Waals surface area contributed by atoms with Crippen LogP contribution in [0.1, 0.15) is 68.8 Å². The van der Waals surface area contributed by atoms with E-state index in [4.69, 9.17) is 9.47 Å². The van der Waals surface area contributed by atoms with Crippen molar-refractivity contribution in [2.24, 2.45) is 0 Å². The molecule has 276 valence electrons. The zero-order chi connectivity index (χ0) is 39.0. The minimum Gasteiger partial charge on any atom is -0.439 e. The van der Waals surface area contributed by atoms with Crippen molar-refractivity contribution in [3.05, 3.63) is 190 Å². The summed E-state index contributed by atoms with van der Waals surface area (Å²) in [6.45, 7) is 0. The number of halogens is 4. The van der Waals surface area contributed by atoms with E-state index in [0.29, 0.717) is 44.5 Å². The second-order valence-corrected chi connectivity index (χ2v) is 12.3. The van der Waals surface area contributed by atoms with Gasteiger partial charge in [0.25, 0.3) is 0 Å². The van der Waals surface area contributed by atoms with Gasteiger partial charge in [-0.2, -0.15) is 0 Å². The number of pyridine rings is 4. The van der Waals surface area contributed by atoms with Gasteiger partial charge in [0.05, 0.1) is 12.4 Å². The molecule has 0 bridgehead atoms. The fourth-order valence-corrected chi connectivity index (χ4v) is 5.82. The van der Waals surface area contributed by atoms with Crippen LogP contribution in [0.3, 0.4) is 0 Å². The summed E-state index contributed by atoms with van der Waals surface area (Å²) in [7, 11) is 0. The normalized spacial score (nSPS) is 18.0. The van der Waals surface area contributed by atoms with E-state index in [-0.39, 0.29) is 11.6 Å². The van der Waals surface area contributed by atoms with Crippen molar-refractivity contribution in [2.45, 2.75) is 24.3 Å². The number of benzene rings is 2. The number of amides is 2. The standard InChI is InChI=1S/2C21H13F2N3O2/c2*22-17-5-3-15(4-6-17)20-19(26-21(27)28-20)16-7-13(9-24-11-16)1-2-14-8-18(23)12-25-10-14/h2*3-12,19-20H,(H,26,27)/t2*19-,20-/m10/s1. The number of hydrogen-bond acceptors (Lipinski definition) is 8. The minimum absolute atomic E-state index is 0.372. The van der Waals surface area contributed by atoms with Crippen LogP contribution >= 0.6 is 0 Å². The van der Waals surface area contributed by atoms with Gasteiger partial charge < -0.3 is 20.1 Å². The first kappa shape index (κ1) is 36.8. The van der Waals surface area contributed by atoms with E-state index < -0.39 is 48.1 Å². The smallest absolute Gasteiger partial charge is 0.408 e. The molecule has 2 aliphatic heterocycles. The molecule has 4 atom stereocenters. The van der Waals surface area contributed by atoms with Gasteiger partial charge in [0, 0.05) is 59.4 Å². The minimum atomic E-state index is -0.620. The number of hydrogen-bond donors (Lipinski definition) is 2. The summed E-state index contributed by atoms with van der Waals surface area (Å²) in [5.41, 5.74) is 4.73.